The molecular weight excluding hydrogens is 388 g/mol. The number of rotatable bonds is 1. The predicted molar refractivity (Wildman–Crippen MR) is 106 cm³/mol. The van der Waals surface area contributed by atoms with Crippen molar-refractivity contribution in [2.75, 3.05) is 6.79 Å². The lowest BCUT2D eigenvalue weighted by atomic mass is 9.82. The number of fused-ring (bicyclic) bond motifs is 5. The second-order valence-corrected chi connectivity index (χ2v) is 7.12. The second-order valence-electron chi connectivity index (χ2n) is 7.12. The first-order valence-corrected chi connectivity index (χ1v) is 9.30. The number of hydrogen-bond donors (Lipinski definition) is 2. The molecule has 1 unspecified atom stereocenters. The van der Waals surface area contributed by atoms with Crippen LogP contribution < -0.4 is 19.8 Å². The maximum atomic E-state index is 13.1. The minimum absolute atomic E-state index is 0.0981. The highest BCUT2D eigenvalue weighted by atomic mass is 16.7. The van der Waals surface area contributed by atoms with Crippen LogP contribution in [0.25, 0.3) is 11.0 Å². The lowest BCUT2D eigenvalue weighted by Gasteiger charge is -2.29. The second kappa shape index (κ2) is 5.93. The van der Waals surface area contributed by atoms with Crippen LogP contribution in [0.4, 0.5) is 0 Å². The van der Waals surface area contributed by atoms with Crippen molar-refractivity contribution in [3.05, 3.63) is 81.7 Å². The minimum Gasteiger partial charge on any atom is -0.507 e. The SMILES string of the molecule is O=c1oc2ccccc2c2c1C(c1ccc3c(c1)OCO3)c1c(O)ccc(O)c1O2. The Morgan fingerprint density at radius 1 is 0.833 bits per heavy atom. The van der Waals surface area contributed by atoms with Gasteiger partial charge in [0.25, 0.3) is 0 Å². The monoisotopic (exact) mass is 402 g/mol. The Labute approximate surface area is 169 Å². The van der Waals surface area contributed by atoms with Gasteiger partial charge >= 0.3 is 5.63 Å². The molecule has 3 heterocycles. The Bertz CT molecular complexity index is 1400. The van der Waals surface area contributed by atoms with E-state index in [1.807, 2.05) is 0 Å². The van der Waals surface area contributed by atoms with Crippen LogP contribution >= 0.6 is 0 Å². The van der Waals surface area contributed by atoms with Gasteiger partial charge in [0.2, 0.25) is 6.79 Å². The smallest absolute Gasteiger partial charge is 0.344 e. The lowest BCUT2D eigenvalue weighted by Crippen LogP contribution is -2.21. The summed E-state index contributed by atoms with van der Waals surface area (Å²) in [4.78, 5) is 13.1. The average molecular weight is 402 g/mol. The molecule has 0 spiro atoms. The van der Waals surface area contributed by atoms with E-state index in [1.165, 1.54) is 12.1 Å². The molecule has 4 aromatic rings. The molecule has 2 N–H and O–H groups in total. The van der Waals surface area contributed by atoms with E-state index in [9.17, 15) is 15.0 Å². The molecule has 2 aliphatic heterocycles. The molecule has 0 saturated carbocycles. The van der Waals surface area contributed by atoms with Crippen LogP contribution in [0.5, 0.6) is 34.5 Å². The van der Waals surface area contributed by atoms with Crippen molar-refractivity contribution in [1.29, 1.82) is 0 Å². The third kappa shape index (κ3) is 2.23. The Morgan fingerprint density at radius 3 is 2.53 bits per heavy atom. The Balaban J connectivity index is 1.72. The van der Waals surface area contributed by atoms with Crippen molar-refractivity contribution >= 4 is 11.0 Å². The van der Waals surface area contributed by atoms with E-state index < -0.39 is 11.5 Å². The zero-order chi connectivity index (χ0) is 20.4. The molecule has 148 valence electrons. The molecular formula is C23H14O7. The highest BCUT2D eigenvalue weighted by molar-refractivity contribution is 5.87. The van der Waals surface area contributed by atoms with E-state index in [0.29, 0.717) is 28.0 Å². The molecule has 0 bridgehead atoms. The zero-order valence-electron chi connectivity index (χ0n) is 15.4. The van der Waals surface area contributed by atoms with E-state index in [0.717, 1.165) is 0 Å². The molecule has 30 heavy (non-hydrogen) atoms. The van der Waals surface area contributed by atoms with Gasteiger partial charge < -0.3 is 28.8 Å². The van der Waals surface area contributed by atoms with E-state index in [-0.39, 0.29) is 40.9 Å². The first-order chi connectivity index (χ1) is 14.6. The van der Waals surface area contributed by atoms with Gasteiger partial charge in [0.1, 0.15) is 17.1 Å². The third-order valence-electron chi connectivity index (χ3n) is 5.46. The van der Waals surface area contributed by atoms with Gasteiger partial charge in [-0.05, 0) is 42.0 Å². The topological polar surface area (TPSA) is 98.4 Å². The number of ether oxygens (including phenoxy) is 3. The van der Waals surface area contributed by atoms with Gasteiger partial charge in [-0.2, -0.15) is 0 Å². The van der Waals surface area contributed by atoms with Crippen LogP contribution in [0.1, 0.15) is 22.6 Å². The van der Waals surface area contributed by atoms with Crippen molar-refractivity contribution < 1.29 is 28.8 Å². The van der Waals surface area contributed by atoms with Crippen molar-refractivity contribution in [2.24, 2.45) is 0 Å². The summed E-state index contributed by atoms with van der Waals surface area (Å²) in [5.74, 6) is 0.522. The van der Waals surface area contributed by atoms with Gasteiger partial charge in [-0.1, -0.05) is 18.2 Å². The van der Waals surface area contributed by atoms with Gasteiger partial charge in [0.05, 0.1) is 22.4 Å². The number of phenolic OH excluding ortho intramolecular Hbond substituents is 2. The van der Waals surface area contributed by atoms with Gasteiger partial charge in [-0.25, -0.2) is 4.79 Å². The van der Waals surface area contributed by atoms with Crippen LogP contribution in [-0.2, 0) is 0 Å². The Morgan fingerprint density at radius 2 is 1.63 bits per heavy atom. The number of hydrogen-bond acceptors (Lipinski definition) is 7. The summed E-state index contributed by atoms with van der Waals surface area (Å²) in [6, 6.07) is 15.0. The molecule has 7 nitrogen and oxygen atoms in total. The van der Waals surface area contributed by atoms with Gasteiger partial charge in [-0.15, -0.1) is 0 Å². The minimum atomic E-state index is -0.744. The van der Waals surface area contributed by atoms with E-state index in [1.54, 1.807) is 42.5 Å². The number of para-hydroxylation sites is 1. The molecule has 0 radical (unpaired) electrons. The summed E-state index contributed by atoms with van der Waals surface area (Å²) in [7, 11) is 0. The van der Waals surface area contributed by atoms with Gasteiger partial charge in [-0.3, -0.25) is 0 Å². The third-order valence-corrected chi connectivity index (χ3v) is 5.46. The normalized spacial score (nSPS) is 16.1. The quantitative estimate of drug-likeness (QED) is 0.320. The zero-order valence-corrected chi connectivity index (χ0v) is 15.4. The summed E-state index contributed by atoms with van der Waals surface area (Å²) in [6.07, 6.45) is 0. The van der Waals surface area contributed by atoms with Crippen molar-refractivity contribution in [1.82, 2.24) is 0 Å². The largest absolute Gasteiger partial charge is 0.507 e. The summed E-state index contributed by atoms with van der Waals surface area (Å²) in [5.41, 5.74) is 0.965. The number of benzene rings is 3. The fourth-order valence-corrected chi connectivity index (χ4v) is 4.13. The predicted octanol–water partition coefficient (Wildman–Crippen LogP) is 4.22. The fourth-order valence-electron chi connectivity index (χ4n) is 4.13. The van der Waals surface area contributed by atoms with E-state index in [2.05, 4.69) is 0 Å². The van der Waals surface area contributed by atoms with Gasteiger partial charge in [0.15, 0.2) is 23.0 Å². The summed E-state index contributed by atoms with van der Waals surface area (Å²) < 4.78 is 22.4. The summed E-state index contributed by atoms with van der Waals surface area (Å²) in [5, 5.41) is 21.7. The lowest BCUT2D eigenvalue weighted by molar-refractivity contribution is 0.174. The van der Waals surface area contributed by atoms with Gasteiger partial charge in [0, 0.05) is 0 Å². The first-order valence-electron chi connectivity index (χ1n) is 9.30. The molecule has 6 rings (SSSR count). The van der Waals surface area contributed by atoms with Crippen LogP contribution in [0, 0.1) is 0 Å². The molecule has 0 amide bonds. The van der Waals surface area contributed by atoms with E-state index >= 15 is 0 Å². The number of phenols is 2. The van der Waals surface area contributed by atoms with Crippen LogP contribution in [0.2, 0.25) is 0 Å². The van der Waals surface area contributed by atoms with E-state index in [4.69, 9.17) is 18.6 Å². The van der Waals surface area contributed by atoms with Crippen LogP contribution in [0.3, 0.4) is 0 Å². The summed E-state index contributed by atoms with van der Waals surface area (Å²) >= 11 is 0. The Hall–Kier alpha value is -4.13. The first kappa shape index (κ1) is 16.8. The number of aromatic hydroxyl groups is 2. The fraction of sp³-hybridized carbons (Fsp3) is 0.0870. The maximum absolute atomic E-state index is 13.1. The highest BCUT2D eigenvalue weighted by Gasteiger charge is 2.38. The highest BCUT2D eigenvalue weighted by Crippen LogP contribution is 2.54. The van der Waals surface area contributed by atoms with Crippen molar-refractivity contribution in [3.8, 4) is 34.5 Å². The van der Waals surface area contributed by atoms with Crippen molar-refractivity contribution in [2.45, 2.75) is 5.92 Å². The van der Waals surface area contributed by atoms with Crippen molar-refractivity contribution in [3.63, 3.8) is 0 Å². The maximum Gasteiger partial charge on any atom is 0.344 e. The average Bonchev–Trinajstić information content (AvgIpc) is 3.23. The molecule has 7 heteroatoms. The molecule has 0 fully saturated rings. The Kier molecular flexibility index (Phi) is 3.32. The molecule has 0 saturated heterocycles. The standard InChI is InChI=1S/C23H14O7/c24-13-6-7-14(25)22-19(13)18(11-5-8-16-17(9-11)28-10-27-16)20-21(30-22)12-3-1-2-4-15(12)29-23(20)26/h1-9,18,24-25H,10H2. The van der Waals surface area contributed by atoms with Crippen LogP contribution in [-0.4, -0.2) is 17.0 Å². The molecule has 3 aromatic carbocycles. The molecule has 1 aromatic heterocycles. The van der Waals surface area contributed by atoms with Crippen LogP contribution in [0.15, 0.2) is 63.8 Å². The molecule has 2 aliphatic rings. The molecule has 1 atom stereocenters. The molecule has 0 aliphatic carbocycles. The summed E-state index contributed by atoms with van der Waals surface area (Å²) in [6.45, 7) is 0.110.